The van der Waals surface area contributed by atoms with Gasteiger partial charge in [-0.2, -0.15) is 13.2 Å². The summed E-state index contributed by atoms with van der Waals surface area (Å²) in [6, 6.07) is 9.13. The second-order valence-electron chi connectivity index (χ2n) is 4.76. The lowest BCUT2D eigenvalue weighted by molar-refractivity contribution is -0.137. The molecule has 0 aliphatic heterocycles. The van der Waals surface area contributed by atoms with E-state index < -0.39 is 27.7 Å². The number of hydrogen-bond acceptors (Lipinski definition) is 3. The van der Waals surface area contributed by atoms with Crippen molar-refractivity contribution in [1.29, 1.82) is 0 Å². The first kappa shape index (κ1) is 18.0. The predicted octanol–water partition coefficient (Wildman–Crippen LogP) is 2.87. The van der Waals surface area contributed by atoms with Crippen molar-refractivity contribution < 1.29 is 26.4 Å². The van der Waals surface area contributed by atoms with Crippen LogP contribution in [0.2, 0.25) is 0 Å². The summed E-state index contributed by atoms with van der Waals surface area (Å²) in [5, 5.41) is 2.48. The van der Waals surface area contributed by atoms with E-state index in [0.29, 0.717) is 5.69 Å². The number of hydrogen-bond donors (Lipinski definition) is 2. The predicted molar refractivity (Wildman–Crippen MR) is 82.1 cm³/mol. The first-order valence-electron chi connectivity index (χ1n) is 6.66. The lowest BCUT2D eigenvalue weighted by atomic mass is 10.1. The Bertz CT molecular complexity index is 830. The van der Waals surface area contributed by atoms with Gasteiger partial charge in [0.05, 0.1) is 10.5 Å². The number of benzene rings is 2. The van der Waals surface area contributed by atoms with Crippen LogP contribution in [-0.4, -0.2) is 21.4 Å². The molecule has 2 N–H and O–H groups in total. The Kier molecular flexibility index (Phi) is 4.95. The van der Waals surface area contributed by atoms with E-state index in [4.69, 9.17) is 0 Å². The average Bonchev–Trinajstić information content (AvgIpc) is 2.54. The van der Waals surface area contributed by atoms with Gasteiger partial charge < -0.3 is 5.32 Å². The zero-order chi connectivity index (χ0) is 18.0. The Morgan fingerprint density at radius 2 is 1.50 bits per heavy atom. The van der Waals surface area contributed by atoms with Gasteiger partial charge in [-0.15, -0.1) is 0 Å². The largest absolute Gasteiger partial charge is 0.416 e. The Labute approximate surface area is 136 Å². The molecule has 1 amide bonds. The molecule has 0 heterocycles. The fourth-order valence-electron chi connectivity index (χ4n) is 1.85. The minimum Gasteiger partial charge on any atom is -0.322 e. The smallest absolute Gasteiger partial charge is 0.322 e. The third-order valence-corrected chi connectivity index (χ3v) is 4.60. The maximum Gasteiger partial charge on any atom is 0.416 e. The van der Waals surface area contributed by atoms with E-state index in [0.717, 1.165) is 24.3 Å². The number of rotatable bonds is 4. The van der Waals surface area contributed by atoms with Crippen LogP contribution in [0.5, 0.6) is 0 Å². The molecular formula is C15H13F3N2O3S. The molecule has 0 aromatic heterocycles. The Morgan fingerprint density at radius 3 is 1.96 bits per heavy atom. The van der Waals surface area contributed by atoms with Gasteiger partial charge in [0.2, 0.25) is 10.0 Å². The van der Waals surface area contributed by atoms with Gasteiger partial charge in [-0.25, -0.2) is 13.1 Å². The molecule has 0 atom stereocenters. The van der Waals surface area contributed by atoms with Gasteiger partial charge in [0.15, 0.2) is 0 Å². The molecule has 0 aliphatic rings. The first-order valence-corrected chi connectivity index (χ1v) is 8.14. The van der Waals surface area contributed by atoms with Crippen LogP contribution in [0, 0.1) is 0 Å². The van der Waals surface area contributed by atoms with E-state index in [1.54, 1.807) is 0 Å². The highest BCUT2D eigenvalue weighted by Crippen LogP contribution is 2.29. The fourth-order valence-corrected chi connectivity index (χ4v) is 2.58. The second kappa shape index (κ2) is 6.62. The van der Waals surface area contributed by atoms with E-state index >= 15 is 0 Å². The van der Waals surface area contributed by atoms with Gasteiger partial charge in [0.1, 0.15) is 0 Å². The third-order valence-electron chi connectivity index (χ3n) is 3.17. The molecule has 0 radical (unpaired) electrons. The number of alkyl halides is 3. The minimum atomic E-state index is -4.47. The van der Waals surface area contributed by atoms with Gasteiger partial charge in [-0.05, 0) is 55.6 Å². The summed E-state index contributed by atoms with van der Waals surface area (Å²) >= 11 is 0. The molecule has 2 rings (SSSR count). The molecule has 2 aromatic rings. The summed E-state index contributed by atoms with van der Waals surface area (Å²) in [6.45, 7) is 0. The summed E-state index contributed by atoms with van der Waals surface area (Å²) in [6.07, 6.45) is -4.47. The summed E-state index contributed by atoms with van der Waals surface area (Å²) in [5.41, 5.74) is -0.481. The number of amides is 1. The van der Waals surface area contributed by atoms with E-state index in [9.17, 15) is 26.4 Å². The van der Waals surface area contributed by atoms with Crippen LogP contribution in [0.15, 0.2) is 53.4 Å². The van der Waals surface area contributed by atoms with Crippen LogP contribution >= 0.6 is 0 Å². The van der Waals surface area contributed by atoms with Crippen molar-refractivity contribution in [3.8, 4) is 0 Å². The van der Waals surface area contributed by atoms with Crippen molar-refractivity contribution in [1.82, 2.24) is 4.72 Å². The number of nitrogens with one attached hydrogen (secondary N) is 2. The number of anilines is 1. The molecule has 2 aromatic carbocycles. The Balaban J connectivity index is 2.12. The molecule has 0 unspecified atom stereocenters. The molecule has 0 saturated carbocycles. The lowest BCUT2D eigenvalue weighted by Gasteiger charge is -2.09. The van der Waals surface area contributed by atoms with Crippen LogP contribution < -0.4 is 10.0 Å². The molecule has 0 bridgehead atoms. The van der Waals surface area contributed by atoms with Gasteiger partial charge in [-0.3, -0.25) is 4.79 Å². The highest BCUT2D eigenvalue weighted by molar-refractivity contribution is 7.89. The van der Waals surface area contributed by atoms with Crippen LogP contribution in [0.4, 0.5) is 18.9 Å². The second-order valence-corrected chi connectivity index (χ2v) is 6.65. The quantitative estimate of drug-likeness (QED) is 0.883. The van der Waals surface area contributed by atoms with Crippen LogP contribution in [0.25, 0.3) is 0 Å². The number of halogens is 3. The first-order chi connectivity index (χ1) is 11.1. The monoisotopic (exact) mass is 358 g/mol. The standard InChI is InChI=1S/C15H13F3N2O3S/c1-19-24(22,23)13-8-6-12(7-9-13)20-14(21)10-2-4-11(5-3-10)15(16,17)18/h2-9,19H,1H3,(H,20,21). The number of sulfonamides is 1. The molecule has 0 spiro atoms. The summed E-state index contributed by atoms with van der Waals surface area (Å²) in [7, 11) is -2.31. The van der Waals surface area contributed by atoms with Crippen molar-refractivity contribution in [2.75, 3.05) is 12.4 Å². The zero-order valence-corrected chi connectivity index (χ0v) is 13.2. The van der Waals surface area contributed by atoms with Gasteiger partial charge >= 0.3 is 6.18 Å². The van der Waals surface area contributed by atoms with Crippen molar-refractivity contribution in [2.24, 2.45) is 0 Å². The number of carbonyl (C=O) groups is 1. The summed E-state index contributed by atoms with van der Waals surface area (Å²) < 4.78 is 62.7. The minimum absolute atomic E-state index is 0.0255. The maximum atomic E-state index is 12.5. The maximum absolute atomic E-state index is 12.5. The van der Waals surface area contributed by atoms with Crippen LogP contribution in [-0.2, 0) is 16.2 Å². The molecule has 24 heavy (non-hydrogen) atoms. The van der Waals surface area contributed by atoms with Gasteiger partial charge in [-0.1, -0.05) is 0 Å². The van der Waals surface area contributed by atoms with Crippen molar-refractivity contribution >= 4 is 21.6 Å². The van der Waals surface area contributed by atoms with Crippen LogP contribution in [0.1, 0.15) is 15.9 Å². The number of carbonyl (C=O) groups excluding carboxylic acids is 1. The van der Waals surface area contributed by atoms with E-state index in [2.05, 4.69) is 10.0 Å². The van der Waals surface area contributed by atoms with Crippen molar-refractivity contribution in [3.63, 3.8) is 0 Å². The normalized spacial score (nSPS) is 12.0. The molecule has 9 heteroatoms. The molecule has 128 valence electrons. The zero-order valence-electron chi connectivity index (χ0n) is 12.4. The summed E-state index contributed by atoms with van der Waals surface area (Å²) in [4.78, 5) is 12.0. The van der Waals surface area contributed by atoms with Gasteiger partial charge in [0, 0.05) is 11.3 Å². The molecule has 5 nitrogen and oxygen atoms in total. The SMILES string of the molecule is CNS(=O)(=O)c1ccc(NC(=O)c2ccc(C(F)(F)F)cc2)cc1. The molecular weight excluding hydrogens is 345 g/mol. The fraction of sp³-hybridized carbons (Fsp3) is 0.133. The average molecular weight is 358 g/mol. The molecule has 0 fully saturated rings. The molecule has 0 saturated heterocycles. The van der Waals surface area contributed by atoms with Crippen molar-refractivity contribution in [3.05, 3.63) is 59.7 Å². The Morgan fingerprint density at radius 1 is 0.958 bits per heavy atom. The highest BCUT2D eigenvalue weighted by atomic mass is 32.2. The third kappa shape index (κ3) is 4.12. The van der Waals surface area contributed by atoms with Crippen LogP contribution in [0.3, 0.4) is 0 Å². The lowest BCUT2D eigenvalue weighted by Crippen LogP contribution is -2.18. The Hall–Kier alpha value is -2.39. The van der Waals surface area contributed by atoms with E-state index in [-0.39, 0.29) is 10.5 Å². The molecule has 0 aliphatic carbocycles. The van der Waals surface area contributed by atoms with E-state index in [1.165, 1.54) is 31.3 Å². The van der Waals surface area contributed by atoms with E-state index in [1.807, 2.05) is 0 Å². The highest BCUT2D eigenvalue weighted by Gasteiger charge is 2.30. The summed E-state index contributed by atoms with van der Waals surface area (Å²) in [5.74, 6) is -0.604. The van der Waals surface area contributed by atoms with Gasteiger partial charge in [0.25, 0.3) is 5.91 Å². The topological polar surface area (TPSA) is 75.3 Å². The van der Waals surface area contributed by atoms with Crippen molar-refractivity contribution in [2.45, 2.75) is 11.1 Å².